The lowest BCUT2D eigenvalue weighted by Gasteiger charge is -2.12. The van der Waals surface area contributed by atoms with E-state index in [4.69, 9.17) is 4.74 Å². The molecule has 0 saturated carbocycles. The number of amides is 1. The number of ether oxygens (including phenoxy) is 1. The van der Waals surface area contributed by atoms with Crippen LogP contribution >= 0.6 is 11.3 Å². The predicted octanol–water partition coefficient (Wildman–Crippen LogP) is 3.04. The Morgan fingerprint density at radius 3 is 3.14 bits per heavy atom. The van der Waals surface area contributed by atoms with Gasteiger partial charge in [-0.25, -0.2) is 4.98 Å². The second kappa shape index (κ2) is 5.55. The fraction of sp³-hybridized carbons (Fsp3) is 0.250. The van der Waals surface area contributed by atoms with Crippen LogP contribution in [0.2, 0.25) is 0 Å². The first-order valence-electron chi connectivity index (χ1n) is 7.21. The van der Waals surface area contributed by atoms with Crippen LogP contribution in [0.25, 0.3) is 16.2 Å². The van der Waals surface area contributed by atoms with E-state index in [1.165, 1.54) is 0 Å². The number of hydrogen-bond donors (Lipinski definition) is 1. The van der Waals surface area contributed by atoms with E-state index in [0.29, 0.717) is 13.2 Å². The summed E-state index contributed by atoms with van der Waals surface area (Å²) in [6.07, 6.45) is 4.75. The van der Waals surface area contributed by atoms with Crippen LogP contribution in [0.15, 0.2) is 42.0 Å². The first-order valence-corrected chi connectivity index (χ1v) is 8.09. The molecule has 1 aromatic carbocycles. The number of thiazole rings is 1. The third-order valence-electron chi connectivity index (χ3n) is 3.85. The van der Waals surface area contributed by atoms with E-state index >= 15 is 0 Å². The first kappa shape index (κ1) is 13.5. The Hall–Kier alpha value is -2.18. The van der Waals surface area contributed by atoms with E-state index in [0.717, 1.165) is 28.3 Å². The standard InChI is InChI=1S/C16H15N3O2S/c20-15(11-5-7-21-10-11)17-13-4-2-1-3-12(13)14-9-19-6-8-22-16(19)18-14/h1-4,6,8-9,11H,5,7,10H2,(H,17,20). The summed E-state index contributed by atoms with van der Waals surface area (Å²) in [6, 6.07) is 7.77. The average Bonchev–Trinajstić information content (AvgIpc) is 3.24. The summed E-state index contributed by atoms with van der Waals surface area (Å²) in [4.78, 5) is 17.9. The van der Waals surface area contributed by atoms with Gasteiger partial charge < -0.3 is 10.1 Å². The zero-order chi connectivity index (χ0) is 14.9. The Labute approximate surface area is 131 Å². The summed E-state index contributed by atoms with van der Waals surface area (Å²) in [6.45, 7) is 1.17. The highest BCUT2D eigenvalue weighted by molar-refractivity contribution is 7.15. The zero-order valence-electron chi connectivity index (χ0n) is 11.9. The van der Waals surface area contributed by atoms with E-state index in [1.54, 1.807) is 11.3 Å². The van der Waals surface area contributed by atoms with Gasteiger partial charge in [0, 0.05) is 29.9 Å². The molecular weight excluding hydrogens is 298 g/mol. The lowest BCUT2D eigenvalue weighted by molar-refractivity contribution is -0.119. The second-order valence-corrected chi connectivity index (χ2v) is 6.19. The highest BCUT2D eigenvalue weighted by Gasteiger charge is 2.24. The highest BCUT2D eigenvalue weighted by Crippen LogP contribution is 2.29. The van der Waals surface area contributed by atoms with Gasteiger partial charge in [0.05, 0.1) is 23.9 Å². The van der Waals surface area contributed by atoms with Crippen molar-refractivity contribution in [3.8, 4) is 11.3 Å². The van der Waals surface area contributed by atoms with Crippen molar-refractivity contribution < 1.29 is 9.53 Å². The first-order chi connectivity index (χ1) is 10.8. The van der Waals surface area contributed by atoms with Gasteiger partial charge in [-0.1, -0.05) is 18.2 Å². The molecule has 5 nitrogen and oxygen atoms in total. The minimum Gasteiger partial charge on any atom is -0.381 e. The monoisotopic (exact) mass is 313 g/mol. The summed E-state index contributed by atoms with van der Waals surface area (Å²) in [5.41, 5.74) is 2.60. The fourth-order valence-corrected chi connectivity index (χ4v) is 3.35. The van der Waals surface area contributed by atoms with Gasteiger partial charge in [0.2, 0.25) is 5.91 Å². The van der Waals surface area contributed by atoms with Crippen LogP contribution < -0.4 is 5.32 Å². The molecular formula is C16H15N3O2S. The molecule has 112 valence electrons. The molecule has 4 rings (SSSR count). The molecule has 0 aliphatic carbocycles. The molecule has 2 aromatic heterocycles. The summed E-state index contributed by atoms with van der Waals surface area (Å²) in [5, 5.41) is 5.02. The number of rotatable bonds is 3. The van der Waals surface area contributed by atoms with E-state index < -0.39 is 0 Å². The maximum atomic E-state index is 12.3. The van der Waals surface area contributed by atoms with Crippen molar-refractivity contribution in [1.82, 2.24) is 9.38 Å². The van der Waals surface area contributed by atoms with Crippen molar-refractivity contribution in [2.24, 2.45) is 5.92 Å². The minimum atomic E-state index is -0.0569. The van der Waals surface area contributed by atoms with Crippen molar-refractivity contribution in [3.63, 3.8) is 0 Å². The van der Waals surface area contributed by atoms with E-state index in [9.17, 15) is 4.79 Å². The number of hydrogen-bond acceptors (Lipinski definition) is 4. The molecule has 0 spiro atoms. The summed E-state index contributed by atoms with van der Waals surface area (Å²) in [7, 11) is 0. The van der Waals surface area contributed by atoms with Crippen LogP contribution in [-0.2, 0) is 9.53 Å². The number of anilines is 1. The average molecular weight is 313 g/mol. The number of nitrogens with one attached hydrogen (secondary N) is 1. The number of aromatic nitrogens is 2. The number of nitrogens with zero attached hydrogens (tertiary/aromatic N) is 2. The lowest BCUT2D eigenvalue weighted by atomic mass is 10.1. The van der Waals surface area contributed by atoms with Gasteiger partial charge in [-0.2, -0.15) is 0 Å². The molecule has 3 heterocycles. The van der Waals surface area contributed by atoms with Crippen molar-refractivity contribution >= 4 is 27.9 Å². The highest BCUT2D eigenvalue weighted by atomic mass is 32.1. The molecule has 1 aliphatic heterocycles. The Morgan fingerprint density at radius 1 is 1.41 bits per heavy atom. The number of fused-ring (bicyclic) bond motifs is 1. The molecule has 0 radical (unpaired) electrons. The second-order valence-electron chi connectivity index (χ2n) is 5.31. The number of benzene rings is 1. The molecule has 1 atom stereocenters. The molecule has 0 bridgehead atoms. The summed E-state index contributed by atoms with van der Waals surface area (Å²) >= 11 is 1.59. The van der Waals surface area contributed by atoms with Crippen molar-refractivity contribution in [2.75, 3.05) is 18.5 Å². The molecule has 1 N–H and O–H groups in total. The molecule has 1 amide bonds. The van der Waals surface area contributed by atoms with Gasteiger partial charge in [0.1, 0.15) is 0 Å². The van der Waals surface area contributed by atoms with E-state index in [2.05, 4.69) is 10.3 Å². The van der Waals surface area contributed by atoms with Gasteiger partial charge >= 0.3 is 0 Å². The Balaban J connectivity index is 1.65. The lowest BCUT2D eigenvalue weighted by Crippen LogP contribution is -2.23. The van der Waals surface area contributed by atoms with Crippen molar-refractivity contribution in [2.45, 2.75) is 6.42 Å². The van der Waals surface area contributed by atoms with Gasteiger partial charge in [-0.15, -0.1) is 11.3 Å². The van der Waals surface area contributed by atoms with Gasteiger partial charge in [0.25, 0.3) is 0 Å². The van der Waals surface area contributed by atoms with Crippen LogP contribution in [0.4, 0.5) is 5.69 Å². The number of carbonyl (C=O) groups excluding carboxylic acids is 1. The normalized spacial score (nSPS) is 17.9. The number of carbonyl (C=O) groups is 1. The van der Waals surface area contributed by atoms with E-state index in [-0.39, 0.29) is 11.8 Å². The van der Waals surface area contributed by atoms with Gasteiger partial charge in [0.15, 0.2) is 4.96 Å². The Bertz CT molecular complexity index is 789. The van der Waals surface area contributed by atoms with Crippen molar-refractivity contribution in [1.29, 1.82) is 0 Å². The fourth-order valence-electron chi connectivity index (χ4n) is 2.65. The minimum absolute atomic E-state index is 0.0194. The van der Waals surface area contributed by atoms with Crippen LogP contribution in [0.5, 0.6) is 0 Å². The van der Waals surface area contributed by atoms with Crippen LogP contribution in [0.1, 0.15) is 6.42 Å². The van der Waals surface area contributed by atoms with E-state index in [1.807, 2.05) is 46.4 Å². The molecule has 1 fully saturated rings. The SMILES string of the molecule is O=C(Nc1ccccc1-c1cn2ccsc2n1)C1CCOC1. The quantitative estimate of drug-likeness (QED) is 0.808. The topological polar surface area (TPSA) is 55.6 Å². The van der Waals surface area contributed by atoms with Crippen LogP contribution in [0.3, 0.4) is 0 Å². The van der Waals surface area contributed by atoms with Gasteiger partial charge in [-0.3, -0.25) is 9.20 Å². The summed E-state index contributed by atoms with van der Waals surface area (Å²) in [5.74, 6) is -0.0375. The van der Waals surface area contributed by atoms with Crippen LogP contribution in [-0.4, -0.2) is 28.5 Å². The van der Waals surface area contributed by atoms with Crippen LogP contribution in [0, 0.1) is 5.92 Å². The molecule has 22 heavy (non-hydrogen) atoms. The third-order valence-corrected chi connectivity index (χ3v) is 4.63. The molecule has 6 heteroatoms. The smallest absolute Gasteiger partial charge is 0.229 e. The molecule has 1 unspecified atom stereocenters. The van der Waals surface area contributed by atoms with Gasteiger partial charge in [-0.05, 0) is 12.5 Å². The number of para-hydroxylation sites is 1. The predicted molar refractivity (Wildman–Crippen MR) is 86.1 cm³/mol. The maximum absolute atomic E-state index is 12.3. The molecule has 3 aromatic rings. The molecule has 1 saturated heterocycles. The molecule has 1 aliphatic rings. The Kier molecular flexibility index (Phi) is 3.40. The number of imidazole rings is 1. The maximum Gasteiger partial charge on any atom is 0.229 e. The third kappa shape index (κ3) is 2.40. The van der Waals surface area contributed by atoms with Crippen molar-refractivity contribution in [3.05, 3.63) is 42.0 Å². The summed E-state index contributed by atoms with van der Waals surface area (Å²) < 4.78 is 7.27. The zero-order valence-corrected chi connectivity index (χ0v) is 12.7. The largest absolute Gasteiger partial charge is 0.381 e. The Morgan fingerprint density at radius 2 is 2.32 bits per heavy atom.